The smallest absolute Gasteiger partial charge is 0.106 e. The molecule has 0 saturated carbocycles. The van der Waals surface area contributed by atoms with Crippen LogP contribution in [-0.4, -0.2) is 4.98 Å². The average molecular weight is 384 g/mol. The normalized spacial score (nSPS) is 11.6. The van der Waals surface area contributed by atoms with E-state index in [-0.39, 0.29) is 5.54 Å². The summed E-state index contributed by atoms with van der Waals surface area (Å²) in [5.41, 5.74) is 2.19. The predicted octanol–water partition coefficient (Wildman–Crippen LogP) is 4.63. The molecule has 0 fully saturated rings. The van der Waals surface area contributed by atoms with Crippen LogP contribution in [-0.2, 0) is 12.1 Å². The molecule has 0 amide bonds. The Hall–Kier alpha value is -0.710. The minimum atomic E-state index is -0.0926. The van der Waals surface area contributed by atoms with Crippen LogP contribution in [0.2, 0.25) is 0 Å². The van der Waals surface area contributed by atoms with Gasteiger partial charge in [-0.1, -0.05) is 34.1 Å². The summed E-state index contributed by atoms with van der Waals surface area (Å²) < 4.78 is 1.97. The Bertz CT molecular complexity index is 550. The van der Waals surface area contributed by atoms with Crippen molar-refractivity contribution in [3.05, 3.63) is 62.8 Å². The molecule has 1 aromatic heterocycles. The molecule has 4 heteroatoms. The number of halogens is 2. The Morgan fingerprint density at radius 1 is 1.05 bits per heavy atom. The molecule has 0 atom stereocenters. The van der Waals surface area contributed by atoms with Gasteiger partial charge in [-0.15, -0.1) is 0 Å². The molecule has 0 aliphatic rings. The molecule has 1 N–H and O–H groups in total. The summed E-state index contributed by atoms with van der Waals surface area (Å²) >= 11 is 6.85. The first-order valence-corrected chi connectivity index (χ1v) is 7.68. The van der Waals surface area contributed by atoms with Gasteiger partial charge >= 0.3 is 0 Å². The fourth-order valence-electron chi connectivity index (χ4n) is 1.83. The zero-order chi connectivity index (χ0) is 13.9. The first-order chi connectivity index (χ1) is 8.97. The molecule has 100 valence electrons. The minimum absolute atomic E-state index is 0.0926. The second kappa shape index (κ2) is 6.16. The van der Waals surface area contributed by atoms with Gasteiger partial charge in [0.1, 0.15) is 4.60 Å². The zero-order valence-corrected chi connectivity index (χ0v) is 14.1. The van der Waals surface area contributed by atoms with Crippen molar-refractivity contribution in [3.63, 3.8) is 0 Å². The van der Waals surface area contributed by atoms with E-state index in [2.05, 4.69) is 80.3 Å². The zero-order valence-electron chi connectivity index (χ0n) is 11.0. The van der Waals surface area contributed by atoms with Crippen molar-refractivity contribution in [1.29, 1.82) is 0 Å². The second-order valence-electron chi connectivity index (χ2n) is 4.94. The van der Waals surface area contributed by atoms with E-state index in [1.807, 2.05) is 18.2 Å². The van der Waals surface area contributed by atoms with Gasteiger partial charge in [0.25, 0.3) is 0 Å². The highest BCUT2D eigenvalue weighted by molar-refractivity contribution is 9.10. The van der Waals surface area contributed by atoms with Crippen molar-refractivity contribution in [3.8, 4) is 0 Å². The van der Waals surface area contributed by atoms with Crippen LogP contribution >= 0.6 is 31.9 Å². The Labute approximate surface area is 130 Å². The summed E-state index contributed by atoms with van der Waals surface area (Å²) in [5.74, 6) is 0. The lowest BCUT2D eigenvalue weighted by Gasteiger charge is -2.27. The third kappa shape index (κ3) is 4.13. The summed E-state index contributed by atoms with van der Waals surface area (Å²) in [7, 11) is 0. The van der Waals surface area contributed by atoms with Crippen molar-refractivity contribution in [1.82, 2.24) is 10.3 Å². The largest absolute Gasteiger partial charge is 0.302 e. The van der Waals surface area contributed by atoms with Crippen LogP contribution in [0.15, 0.2) is 51.5 Å². The van der Waals surface area contributed by atoms with Gasteiger partial charge in [-0.2, -0.15) is 0 Å². The fourth-order valence-corrected chi connectivity index (χ4v) is 2.47. The van der Waals surface area contributed by atoms with Crippen LogP contribution < -0.4 is 5.32 Å². The molecule has 2 rings (SSSR count). The molecule has 0 bridgehead atoms. The fraction of sp³-hybridized carbons (Fsp3) is 0.267. The molecule has 0 radical (unpaired) electrons. The quantitative estimate of drug-likeness (QED) is 0.778. The van der Waals surface area contributed by atoms with Gasteiger partial charge in [0, 0.05) is 16.6 Å². The SMILES string of the molecule is CC(C)(NCc1cccc(Br)n1)c1ccc(Br)cc1. The molecule has 2 aromatic rings. The Morgan fingerprint density at radius 2 is 1.74 bits per heavy atom. The summed E-state index contributed by atoms with van der Waals surface area (Å²) in [6.45, 7) is 5.09. The van der Waals surface area contributed by atoms with Crippen molar-refractivity contribution < 1.29 is 0 Å². The first kappa shape index (κ1) is 14.7. The third-order valence-corrected chi connectivity index (χ3v) is 4.02. The Balaban J connectivity index is 2.07. The van der Waals surface area contributed by atoms with Crippen LogP contribution in [0.5, 0.6) is 0 Å². The number of hydrogen-bond acceptors (Lipinski definition) is 2. The summed E-state index contributed by atoms with van der Waals surface area (Å²) in [6.07, 6.45) is 0. The van der Waals surface area contributed by atoms with Crippen molar-refractivity contribution in [2.75, 3.05) is 0 Å². The number of nitrogens with zero attached hydrogens (tertiary/aromatic N) is 1. The highest BCUT2D eigenvalue weighted by Gasteiger charge is 2.19. The lowest BCUT2D eigenvalue weighted by Crippen LogP contribution is -2.36. The molecular weight excluding hydrogens is 368 g/mol. The van der Waals surface area contributed by atoms with E-state index in [0.717, 1.165) is 21.3 Å². The highest BCUT2D eigenvalue weighted by atomic mass is 79.9. The average Bonchev–Trinajstić information content (AvgIpc) is 2.37. The molecule has 1 heterocycles. The number of rotatable bonds is 4. The Morgan fingerprint density at radius 3 is 2.37 bits per heavy atom. The van der Waals surface area contributed by atoms with Gasteiger partial charge < -0.3 is 5.32 Å². The molecule has 0 aliphatic heterocycles. The van der Waals surface area contributed by atoms with E-state index in [9.17, 15) is 0 Å². The monoisotopic (exact) mass is 382 g/mol. The second-order valence-corrected chi connectivity index (χ2v) is 6.67. The maximum atomic E-state index is 4.43. The summed E-state index contributed by atoms with van der Waals surface area (Å²) in [6, 6.07) is 14.3. The van der Waals surface area contributed by atoms with Gasteiger partial charge in [-0.3, -0.25) is 0 Å². The van der Waals surface area contributed by atoms with E-state index in [0.29, 0.717) is 0 Å². The van der Waals surface area contributed by atoms with Crippen molar-refractivity contribution in [2.24, 2.45) is 0 Å². The highest BCUT2D eigenvalue weighted by Crippen LogP contribution is 2.22. The van der Waals surface area contributed by atoms with Gasteiger partial charge in [0.15, 0.2) is 0 Å². The van der Waals surface area contributed by atoms with Crippen LogP contribution in [0.25, 0.3) is 0 Å². The standard InChI is InChI=1S/C15H16Br2N2/c1-15(2,11-6-8-12(16)9-7-11)18-10-13-4-3-5-14(17)19-13/h3-9,18H,10H2,1-2H3. The number of benzene rings is 1. The lowest BCUT2D eigenvalue weighted by molar-refractivity contribution is 0.398. The molecule has 0 unspecified atom stereocenters. The van der Waals surface area contributed by atoms with Crippen LogP contribution in [0, 0.1) is 0 Å². The van der Waals surface area contributed by atoms with E-state index < -0.39 is 0 Å². The van der Waals surface area contributed by atoms with Crippen LogP contribution in [0.1, 0.15) is 25.1 Å². The topological polar surface area (TPSA) is 24.9 Å². The number of aromatic nitrogens is 1. The van der Waals surface area contributed by atoms with E-state index in [1.165, 1.54) is 5.56 Å². The summed E-state index contributed by atoms with van der Waals surface area (Å²) in [5, 5.41) is 3.54. The molecule has 0 saturated heterocycles. The maximum Gasteiger partial charge on any atom is 0.106 e. The lowest BCUT2D eigenvalue weighted by atomic mass is 9.94. The molecule has 1 aromatic carbocycles. The third-order valence-electron chi connectivity index (χ3n) is 3.05. The molecule has 0 spiro atoms. The molecule has 19 heavy (non-hydrogen) atoms. The number of nitrogens with one attached hydrogen (secondary N) is 1. The van der Waals surface area contributed by atoms with E-state index in [4.69, 9.17) is 0 Å². The van der Waals surface area contributed by atoms with E-state index >= 15 is 0 Å². The Kier molecular flexibility index (Phi) is 4.76. The number of hydrogen-bond donors (Lipinski definition) is 1. The number of pyridine rings is 1. The maximum absolute atomic E-state index is 4.43. The summed E-state index contributed by atoms with van der Waals surface area (Å²) in [4.78, 5) is 4.43. The van der Waals surface area contributed by atoms with Gasteiger partial charge in [0.05, 0.1) is 5.69 Å². The van der Waals surface area contributed by atoms with E-state index in [1.54, 1.807) is 0 Å². The molecule has 0 aliphatic carbocycles. The minimum Gasteiger partial charge on any atom is -0.302 e. The molecule has 2 nitrogen and oxygen atoms in total. The van der Waals surface area contributed by atoms with Crippen LogP contribution in [0.4, 0.5) is 0 Å². The van der Waals surface area contributed by atoms with Crippen molar-refractivity contribution >= 4 is 31.9 Å². The van der Waals surface area contributed by atoms with Crippen LogP contribution in [0.3, 0.4) is 0 Å². The van der Waals surface area contributed by atoms with Crippen molar-refractivity contribution in [2.45, 2.75) is 25.9 Å². The van der Waals surface area contributed by atoms with Gasteiger partial charge in [-0.25, -0.2) is 4.98 Å². The molecular formula is C15H16Br2N2. The first-order valence-electron chi connectivity index (χ1n) is 6.10. The predicted molar refractivity (Wildman–Crippen MR) is 85.9 cm³/mol. The van der Waals surface area contributed by atoms with Gasteiger partial charge in [-0.05, 0) is 59.6 Å². The van der Waals surface area contributed by atoms with Gasteiger partial charge in [0.2, 0.25) is 0 Å².